The smallest absolute Gasteiger partial charge is 0.359 e. The summed E-state index contributed by atoms with van der Waals surface area (Å²) in [5.41, 5.74) is -3.22. The van der Waals surface area contributed by atoms with Crippen LogP contribution in [0.15, 0.2) is 18.2 Å². The largest absolute Gasteiger partial charge is 0.423 e. The maximum Gasteiger partial charge on any atom is 0.423 e. The molecule has 1 fully saturated rings. The van der Waals surface area contributed by atoms with Gasteiger partial charge >= 0.3 is 12.2 Å². The molecule has 1 aromatic carbocycles. The van der Waals surface area contributed by atoms with Crippen molar-refractivity contribution in [1.29, 1.82) is 0 Å². The number of carbonyl (C=O) groups excluding carboxylic acids is 1. The summed E-state index contributed by atoms with van der Waals surface area (Å²) in [7, 11) is 0. The molecule has 1 atom stereocenters. The quantitative estimate of drug-likeness (QED) is 0.841. The Morgan fingerprint density at radius 3 is 2.67 bits per heavy atom. The van der Waals surface area contributed by atoms with Crippen molar-refractivity contribution < 1.29 is 27.1 Å². The Hall–Kier alpha value is -1.83. The first-order valence-corrected chi connectivity index (χ1v) is 7.83. The summed E-state index contributed by atoms with van der Waals surface area (Å²) in [4.78, 5) is 13.2. The van der Waals surface area contributed by atoms with Crippen molar-refractivity contribution in [2.45, 2.75) is 31.5 Å². The van der Waals surface area contributed by atoms with Gasteiger partial charge in [0.15, 0.2) is 0 Å². The fourth-order valence-corrected chi connectivity index (χ4v) is 2.83. The van der Waals surface area contributed by atoms with Crippen molar-refractivity contribution in [3.8, 4) is 0 Å². The molecule has 8 heteroatoms. The number of hydrogen-bond acceptors (Lipinski definition) is 2. The highest BCUT2D eigenvalue weighted by molar-refractivity contribution is 5.91. The van der Waals surface area contributed by atoms with Crippen LogP contribution < -0.4 is 5.32 Å². The van der Waals surface area contributed by atoms with Gasteiger partial charge in [-0.3, -0.25) is 0 Å². The van der Waals surface area contributed by atoms with Gasteiger partial charge in [-0.05, 0) is 43.9 Å². The summed E-state index contributed by atoms with van der Waals surface area (Å²) in [6, 6.07) is 2.30. The summed E-state index contributed by atoms with van der Waals surface area (Å²) in [5, 5.41) is 2.42. The van der Waals surface area contributed by atoms with Crippen molar-refractivity contribution in [2.75, 3.05) is 25.0 Å². The molecule has 2 amide bonds. The van der Waals surface area contributed by atoms with Crippen molar-refractivity contribution in [1.82, 2.24) is 4.90 Å². The standard InChI is InChI=1S/C16H18F4N2O2/c1-2-22-9-15(16(18,19)20,24-8-10-3-4-10)12-7-11(17)5-6-13(12)21-14(22)23/h5-7,10H,2-4,8-9H2,1H3,(H,21,23). The van der Waals surface area contributed by atoms with Gasteiger partial charge < -0.3 is 15.0 Å². The Bertz CT molecular complexity index is 645. The molecule has 2 aliphatic rings. The fourth-order valence-electron chi connectivity index (χ4n) is 2.83. The lowest BCUT2D eigenvalue weighted by atomic mass is 9.90. The summed E-state index contributed by atoms with van der Waals surface area (Å²) >= 11 is 0. The number of urea groups is 1. The molecule has 0 spiro atoms. The van der Waals surface area contributed by atoms with Crippen LogP contribution in [0.5, 0.6) is 0 Å². The molecule has 1 aliphatic carbocycles. The van der Waals surface area contributed by atoms with Crippen molar-refractivity contribution in [3.05, 3.63) is 29.6 Å². The van der Waals surface area contributed by atoms with E-state index in [1.807, 2.05) is 0 Å². The highest BCUT2D eigenvalue weighted by atomic mass is 19.4. The SMILES string of the molecule is CCN1CC(OCC2CC2)(C(F)(F)F)c2cc(F)ccc2NC1=O. The van der Waals surface area contributed by atoms with Gasteiger partial charge in [0.25, 0.3) is 0 Å². The summed E-state index contributed by atoms with van der Waals surface area (Å²) < 4.78 is 61.3. The van der Waals surface area contributed by atoms with Crippen molar-refractivity contribution in [2.24, 2.45) is 5.92 Å². The Balaban J connectivity index is 2.14. The Morgan fingerprint density at radius 1 is 1.38 bits per heavy atom. The second kappa shape index (κ2) is 5.91. The zero-order valence-electron chi connectivity index (χ0n) is 13.1. The molecule has 1 saturated carbocycles. The molecule has 1 aromatic rings. The lowest BCUT2D eigenvalue weighted by molar-refractivity contribution is -0.288. The highest BCUT2D eigenvalue weighted by Gasteiger charge is 2.61. The first-order valence-electron chi connectivity index (χ1n) is 7.83. The maximum absolute atomic E-state index is 14.1. The van der Waals surface area contributed by atoms with E-state index in [0.717, 1.165) is 35.9 Å². The second-order valence-electron chi connectivity index (χ2n) is 6.21. The van der Waals surface area contributed by atoms with Gasteiger partial charge in [0, 0.05) is 17.8 Å². The number of carbonyl (C=O) groups is 1. The molecule has 1 heterocycles. The molecule has 1 unspecified atom stereocenters. The third-order valence-electron chi connectivity index (χ3n) is 4.46. The fraction of sp³-hybridized carbons (Fsp3) is 0.562. The number of nitrogens with zero attached hydrogens (tertiary/aromatic N) is 1. The number of halogens is 4. The van der Waals surface area contributed by atoms with E-state index >= 15 is 0 Å². The van der Waals surface area contributed by atoms with Crippen LogP contribution >= 0.6 is 0 Å². The van der Waals surface area contributed by atoms with Gasteiger partial charge in [0.1, 0.15) is 5.82 Å². The normalized spacial score (nSPS) is 24.4. The molecule has 24 heavy (non-hydrogen) atoms. The number of fused-ring (bicyclic) bond motifs is 1. The van der Waals surface area contributed by atoms with E-state index in [0.29, 0.717) is 0 Å². The van der Waals surface area contributed by atoms with Crippen molar-refractivity contribution >= 4 is 11.7 Å². The molecule has 0 bridgehead atoms. The molecule has 0 radical (unpaired) electrons. The van der Waals surface area contributed by atoms with Crippen LogP contribution in [0, 0.1) is 11.7 Å². The predicted molar refractivity (Wildman–Crippen MR) is 79.1 cm³/mol. The van der Waals surface area contributed by atoms with Crippen LogP contribution in [0.3, 0.4) is 0 Å². The van der Waals surface area contributed by atoms with E-state index in [2.05, 4.69) is 5.32 Å². The van der Waals surface area contributed by atoms with Gasteiger partial charge in [-0.15, -0.1) is 0 Å². The lowest BCUT2D eigenvalue weighted by Crippen LogP contribution is -2.53. The molecule has 1 N–H and O–H groups in total. The van der Waals surface area contributed by atoms with Gasteiger partial charge in [-0.25, -0.2) is 9.18 Å². The molecular formula is C16H18F4N2O2. The second-order valence-corrected chi connectivity index (χ2v) is 6.21. The third-order valence-corrected chi connectivity index (χ3v) is 4.46. The van der Waals surface area contributed by atoms with Gasteiger partial charge in [-0.2, -0.15) is 13.2 Å². The summed E-state index contributed by atoms with van der Waals surface area (Å²) in [6.07, 6.45) is -3.17. The molecule has 0 aromatic heterocycles. The number of ether oxygens (including phenoxy) is 1. The maximum atomic E-state index is 14.1. The van der Waals surface area contributed by atoms with Gasteiger partial charge in [0.2, 0.25) is 5.60 Å². The van der Waals surface area contributed by atoms with Gasteiger partial charge in [0.05, 0.1) is 13.2 Å². The van der Waals surface area contributed by atoms with Crippen LogP contribution in [-0.4, -0.2) is 36.8 Å². The molecule has 1 aliphatic heterocycles. The zero-order chi connectivity index (χ0) is 17.5. The molecule has 132 valence electrons. The number of nitrogens with one attached hydrogen (secondary N) is 1. The molecular weight excluding hydrogens is 328 g/mol. The Morgan fingerprint density at radius 2 is 2.08 bits per heavy atom. The number of likely N-dealkylation sites (N-methyl/N-ethyl adjacent to an activating group) is 1. The van der Waals surface area contributed by atoms with E-state index in [4.69, 9.17) is 4.74 Å². The molecule has 0 saturated heterocycles. The average molecular weight is 346 g/mol. The number of hydrogen-bond donors (Lipinski definition) is 1. The number of amides is 2. The predicted octanol–water partition coefficient (Wildman–Crippen LogP) is 3.88. The Labute approximate surface area is 136 Å². The molecule has 4 nitrogen and oxygen atoms in total. The van der Waals surface area contributed by atoms with E-state index < -0.39 is 30.2 Å². The minimum absolute atomic E-state index is 0.0682. The number of anilines is 1. The minimum atomic E-state index is -4.80. The third kappa shape index (κ3) is 2.94. The molecule has 3 rings (SSSR count). The van der Waals surface area contributed by atoms with Crippen LogP contribution in [0.1, 0.15) is 25.3 Å². The number of benzene rings is 1. The monoisotopic (exact) mass is 346 g/mol. The summed E-state index contributed by atoms with van der Waals surface area (Å²) in [6.45, 7) is 0.883. The van der Waals surface area contributed by atoms with E-state index in [9.17, 15) is 22.4 Å². The summed E-state index contributed by atoms with van der Waals surface area (Å²) in [5.74, 6) is -0.722. The number of alkyl halides is 3. The first kappa shape index (κ1) is 17.0. The lowest BCUT2D eigenvalue weighted by Gasteiger charge is -2.38. The van der Waals surface area contributed by atoms with Crippen LogP contribution in [0.25, 0.3) is 0 Å². The van der Waals surface area contributed by atoms with Crippen LogP contribution in [0.4, 0.5) is 28.0 Å². The van der Waals surface area contributed by atoms with E-state index in [1.165, 1.54) is 0 Å². The topological polar surface area (TPSA) is 41.6 Å². The highest BCUT2D eigenvalue weighted by Crippen LogP contribution is 2.48. The first-order chi connectivity index (χ1) is 11.3. The Kier molecular flexibility index (Phi) is 4.19. The van der Waals surface area contributed by atoms with Crippen LogP contribution in [-0.2, 0) is 10.3 Å². The average Bonchev–Trinajstić information content (AvgIpc) is 3.32. The zero-order valence-corrected chi connectivity index (χ0v) is 13.1. The van der Waals surface area contributed by atoms with Crippen LogP contribution in [0.2, 0.25) is 0 Å². The van der Waals surface area contributed by atoms with Gasteiger partial charge in [-0.1, -0.05) is 0 Å². The minimum Gasteiger partial charge on any atom is -0.359 e. The number of rotatable bonds is 4. The van der Waals surface area contributed by atoms with E-state index in [1.54, 1.807) is 6.92 Å². The van der Waals surface area contributed by atoms with Crippen molar-refractivity contribution in [3.63, 3.8) is 0 Å². The van der Waals surface area contributed by atoms with E-state index in [-0.39, 0.29) is 30.3 Å².